The Bertz CT molecular complexity index is 678. The van der Waals surface area contributed by atoms with Crippen LogP contribution < -0.4 is 9.47 Å². The number of hydrogen-bond acceptors (Lipinski definition) is 3. The fourth-order valence-corrected chi connectivity index (χ4v) is 2.90. The van der Waals surface area contributed by atoms with Crippen molar-refractivity contribution < 1.29 is 14.3 Å². The molecule has 2 rings (SSSR count). The number of amides is 1. The van der Waals surface area contributed by atoms with Gasteiger partial charge < -0.3 is 14.4 Å². The minimum Gasteiger partial charge on any atom is -0.497 e. The van der Waals surface area contributed by atoms with E-state index in [1.165, 1.54) is 0 Å². The van der Waals surface area contributed by atoms with Gasteiger partial charge in [0.15, 0.2) is 0 Å². The van der Waals surface area contributed by atoms with Crippen molar-refractivity contribution >= 4 is 5.91 Å². The zero-order valence-electron chi connectivity index (χ0n) is 16.2. The van der Waals surface area contributed by atoms with Crippen LogP contribution in [0.1, 0.15) is 37.8 Å². The molecule has 0 heterocycles. The Kier molecular flexibility index (Phi) is 7.52. The molecule has 0 fully saturated rings. The van der Waals surface area contributed by atoms with Gasteiger partial charge in [-0.2, -0.15) is 0 Å². The van der Waals surface area contributed by atoms with E-state index in [1.54, 1.807) is 14.2 Å². The van der Waals surface area contributed by atoms with Crippen LogP contribution in [-0.2, 0) is 17.8 Å². The van der Waals surface area contributed by atoms with Gasteiger partial charge in [-0.1, -0.05) is 37.3 Å². The van der Waals surface area contributed by atoms with Crippen LogP contribution in [0.2, 0.25) is 0 Å². The first kappa shape index (κ1) is 19.8. The zero-order valence-corrected chi connectivity index (χ0v) is 16.2. The second-order valence-electron chi connectivity index (χ2n) is 6.49. The number of ether oxygens (including phenoxy) is 2. The van der Waals surface area contributed by atoms with Gasteiger partial charge in [-0.05, 0) is 43.0 Å². The van der Waals surface area contributed by atoms with Crippen molar-refractivity contribution in [1.29, 1.82) is 0 Å². The second kappa shape index (κ2) is 9.85. The SMILES string of the molecule is CCC(C)N(Cc1ccccc1)C(=O)CCc1cc(OC)cc(OC)c1. The predicted molar refractivity (Wildman–Crippen MR) is 105 cm³/mol. The summed E-state index contributed by atoms with van der Waals surface area (Å²) in [6.45, 7) is 4.87. The standard InChI is InChI=1S/C22H29NO3/c1-5-17(2)23(16-18-9-7-6-8-10-18)22(24)12-11-19-13-20(25-3)15-21(14-19)26-4/h6-10,13-15,17H,5,11-12,16H2,1-4H3. The van der Waals surface area contributed by atoms with E-state index < -0.39 is 0 Å². The lowest BCUT2D eigenvalue weighted by Crippen LogP contribution is -2.37. The Hall–Kier alpha value is -2.49. The van der Waals surface area contributed by atoms with Gasteiger partial charge in [0.05, 0.1) is 14.2 Å². The predicted octanol–water partition coefficient (Wildman–Crippen LogP) is 4.46. The van der Waals surface area contributed by atoms with E-state index in [9.17, 15) is 4.79 Å². The minimum atomic E-state index is 0.171. The molecule has 26 heavy (non-hydrogen) atoms. The Morgan fingerprint density at radius 3 is 2.15 bits per heavy atom. The highest BCUT2D eigenvalue weighted by atomic mass is 16.5. The highest BCUT2D eigenvalue weighted by molar-refractivity contribution is 5.76. The first-order valence-electron chi connectivity index (χ1n) is 9.12. The van der Waals surface area contributed by atoms with E-state index in [0.717, 1.165) is 29.0 Å². The number of hydrogen-bond donors (Lipinski definition) is 0. The van der Waals surface area contributed by atoms with Crippen molar-refractivity contribution in [3.05, 3.63) is 59.7 Å². The number of aryl methyl sites for hydroxylation is 1. The first-order chi connectivity index (χ1) is 12.6. The van der Waals surface area contributed by atoms with Gasteiger partial charge in [0.25, 0.3) is 0 Å². The smallest absolute Gasteiger partial charge is 0.223 e. The summed E-state index contributed by atoms with van der Waals surface area (Å²) in [6.07, 6.45) is 2.06. The van der Waals surface area contributed by atoms with Crippen molar-refractivity contribution in [3.63, 3.8) is 0 Å². The molecular weight excluding hydrogens is 326 g/mol. The van der Waals surface area contributed by atoms with Crippen LogP contribution in [-0.4, -0.2) is 31.1 Å². The van der Waals surface area contributed by atoms with Crippen molar-refractivity contribution in [2.45, 2.75) is 45.7 Å². The normalized spacial score (nSPS) is 11.7. The molecule has 0 saturated carbocycles. The lowest BCUT2D eigenvalue weighted by atomic mass is 10.1. The average Bonchev–Trinajstić information content (AvgIpc) is 2.70. The molecule has 4 heteroatoms. The fraction of sp³-hybridized carbons (Fsp3) is 0.409. The van der Waals surface area contributed by atoms with Gasteiger partial charge in [-0.25, -0.2) is 0 Å². The lowest BCUT2D eigenvalue weighted by molar-refractivity contribution is -0.134. The summed E-state index contributed by atoms with van der Waals surface area (Å²) < 4.78 is 10.6. The van der Waals surface area contributed by atoms with Crippen molar-refractivity contribution in [1.82, 2.24) is 4.90 Å². The number of methoxy groups -OCH3 is 2. The second-order valence-corrected chi connectivity index (χ2v) is 6.49. The molecule has 0 radical (unpaired) electrons. The molecule has 2 aromatic carbocycles. The molecule has 0 aliphatic rings. The van der Waals surface area contributed by atoms with Crippen LogP contribution in [0, 0.1) is 0 Å². The van der Waals surface area contributed by atoms with Crippen LogP contribution in [0.4, 0.5) is 0 Å². The summed E-state index contributed by atoms with van der Waals surface area (Å²) in [7, 11) is 3.27. The molecule has 0 saturated heterocycles. The van der Waals surface area contributed by atoms with E-state index in [-0.39, 0.29) is 11.9 Å². The zero-order chi connectivity index (χ0) is 18.9. The molecule has 1 unspecified atom stereocenters. The molecule has 0 aliphatic heterocycles. The number of benzene rings is 2. The van der Waals surface area contributed by atoms with Gasteiger partial charge in [0.1, 0.15) is 11.5 Å². The molecular formula is C22H29NO3. The van der Waals surface area contributed by atoms with Crippen LogP contribution in [0.5, 0.6) is 11.5 Å². The maximum atomic E-state index is 12.9. The van der Waals surface area contributed by atoms with Crippen LogP contribution in [0.25, 0.3) is 0 Å². The lowest BCUT2D eigenvalue weighted by Gasteiger charge is -2.29. The molecule has 0 N–H and O–H groups in total. The third kappa shape index (κ3) is 5.51. The molecule has 0 bridgehead atoms. The highest BCUT2D eigenvalue weighted by Crippen LogP contribution is 2.24. The maximum Gasteiger partial charge on any atom is 0.223 e. The van der Waals surface area contributed by atoms with E-state index >= 15 is 0 Å². The molecule has 4 nitrogen and oxygen atoms in total. The maximum absolute atomic E-state index is 12.9. The van der Waals surface area contributed by atoms with Gasteiger partial charge in [0.2, 0.25) is 5.91 Å². The van der Waals surface area contributed by atoms with Gasteiger partial charge in [0, 0.05) is 25.1 Å². The van der Waals surface area contributed by atoms with Crippen LogP contribution in [0.15, 0.2) is 48.5 Å². The van der Waals surface area contributed by atoms with E-state index in [4.69, 9.17) is 9.47 Å². The third-order valence-corrected chi connectivity index (χ3v) is 4.68. The summed E-state index contributed by atoms with van der Waals surface area (Å²) in [5.74, 6) is 1.66. The number of rotatable bonds is 9. The minimum absolute atomic E-state index is 0.171. The Morgan fingerprint density at radius 1 is 1.00 bits per heavy atom. The average molecular weight is 355 g/mol. The van der Waals surface area contributed by atoms with Crippen molar-refractivity contribution in [2.75, 3.05) is 14.2 Å². The van der Waals surface area contributed by atoms with Gasteiger partial charge in [-0.3, -0.25) is 4.79 Å². The molecule has 0 aliphatic carbocycles. The fourth-order valence-electron chi connectivity index (χ4n) is 2.90. The van der Waals surface area contributed by atoms with Gasteiger partial charge in [-0.15, -0.1) is 0 Å². The Labute approximate surface area is 156 Å². The first-order valence-corrected chi connectivity index (χ1v) is 9.12. The summed E-state index contributed by atoms with van der Waals surface area (Å²) in [5.41, 5.74) is 2.20. The number of nitrogens with zero attached hydrogens (tertiary/aromatic N) is 1. The topological polar surface area (TPSA) is 38.8 Å². The Morgan fingerprint density at radius 2 is 1.62 bits per heavy atom. The summed E-state index contributed by atoms with van der Waals surface area (Å²) in [4.78, 5) is 14.9. The number of carbonyl (C=O) groups is 1. The van der Waals surface area contributed by atoms with Crippen LogP contribution >= 0.6 is 0 Å². The highest BCUT2D eigenvalue weighted by Gasteiger charge is 2.19. The Balaban J connectivity index is 2.07. The van der Waals surface area contributed by atoms with Crippen molar-refractivity contribution in [3.8, 4) is 11.5 Å². The van der Waals surface area contributed by atoms with E-state index in [2.05, 4.69) is 26.0 Å². The molecule has 2 aromatic rings. The molecule has 1 atom stereocenters. The molecule has 1 amide bonds. The monoisotopic (exact) mass is 355 g/mol. The van der Waals surface area contributed by atoms with E-state index in [0.29, 0.717) is 19.4 Å². The van der Waals surface area contributed by atoms with Crippen LogP contribution in [0.3, 0.4) is 0 Å². The summed E-state index contributed by atoms with van der Waals surface area (Å²) >= 11 is 0. The third-order valence-electron chi connectivity index (χ3n) is 4.68. The summed E-state index contributed by atoms with van der Waals surface area (Å²) in [5, 5.41) is 0. The van der Waals surface area contributed by atoms with Crippen molar-refractivity contribution in [2.24, 2.45) is 0 Å². The molecule has 0 spiro atoms. The quantitative estimate of drug-likeness (QED) is 0.666. The summed E-state index contributed by atoms with van der Waals surface area (Å²) in [6, 6.07) is 16.1. The molecule has 140 valence electrons. The van der Waals surface area contributed by atoms with E-state index in [1.807, 2.05) is 41.3 Å². The molecule has 0 aromatic heterocycles. The largest absolute Gasteiger partial charge is 0.497 e. The van der Waals surface area contributed by atoms with Gasteiger partial charge >= 0.3 is 0 Å². The number of carbonyl (C=O) groups excluding carboxylic acids is 1.